The molecule has 1 atom stereocenters. The van der Waals surface area contributed by atoms with E-state index in [-0.39, 0.29) is 5.78 Å². The van der Waals surface area contributed by atoms with Crippen LogP contribution in [0.3, 0.4) is 0 Å². The molecule has 0 saturated carbocycles. The molecule has 0 bridgehead atoms. The van der Waals surface area contributed by atoms with E-state index in [4.69, 9.17) is 9.47 Å². The number of morpholine rings is 1. The number of esters is 1. The summed E-state index contributed by atoms with van der Waals surface area (Å²) in [6, 6.07) is 11.0. The molecule has 1 aromatic carbocycles. The Morgan fingerprint density at radius 3 is 2.71 bits per heavy atom. The van der Waals surface area contributed by atoms with Crippen LogP contribution in [0.15, 0.2) is 48.8 Å². The highest BCUT2D eigenvalue weighted by Gasteiger charge is 2.23. The number of aromatic nitrogens is 2. The fourth-order valence-electron chi connectivity index (χ4n) is 3.26. The lowest BCUT2D eigenvalue weighted by Crippen LogP contribution is -2.36. The number of carbonyl (C=O) groups excluding carboxylic acids is 2. The van der Waals surface area contributed by atoms with E-state index in [2.05, 4.69) is 14.9 Å². The number of ketones is 1. The predicted molar refractivity (Wildman–Crippen MR) is 105 cm³/mol. The second-order valence-electron chi connectivity index (χ2n) is 6.66. The Bertz CT molecular complexity index is 990. The summed E-state index contributed by atoms with van der Waals surface area (Å²) in [4.78, 5) is 34.6. The molecule has 1 saturated heterocycles. The Hall–Kier alpha value is -3.19. The molecule has 0 amide bonds. The molecule has 1 fully saturated rings. The molecule has 0 radical (unpaired) electrons. The smallest absolute Gasteiger partial charge is 0.340 e. The summed E-state index contributed by atoms with van der Waals surface area (Å²) in [5, 5.41) is 0.812. The molecule has 144 valence electrons. The molecule has 2 aromatic heterocycles. The number of nitrogens with one attached hydrogen (secondary N) is 1. The molecular formula is C21H21N3O4. The van der Waals surface area contributed by atoms with Crippen molar-refractivity contribution in [2.75, 3.05) is 31.2 Å². The molecule has 7 nitrogen and oxygen atoms in total. The standard InChI is InChI=1S/C21H21N3O4/c1-14(20(25)17-13-22-18-5-3-2-4-16(17)18)28-21(26)15-6-7-19(23-12-15)24-8-10-27-11-9-24/h2-7,12-14,22H,8-11H2,1H3/t14-/m1/s1. The highest BCUT2D eigenvalue weighted by Crippen LogP contribution is 2.20. The summed E-state index contributed by atoms with van der Waals surface area (Å²) in [6.07, 6.45) is 2.23. The number of pyridine rings is 1. The zero-order valence-corrected chi connectivity index (χ0v) is 15.6. The SMILES string of the molecule is C[C@@H](OC(=O)c1ccc(N2CCOCC2)nc1)C(=O)c1c[nH]c2ccccc12. The van der Waals surface area contributed by atoms with Crippen molar-refractivity contribution < 1.29 is 19.1 Å². The Labute approximate surface area is 162 Å². The number of hydrogen-bond donors (Lipinski definition) is 1. The van der Waals surface area contributed by atoms with Gasteiger partial charge in [-0.25, -0.2) is 9.78 Å². The number of benzene rings is 1. The van der Waals surface area contributed by atoms with E-state index in [0.717, 1.165) is 29.8 Å². The predicted octanol–water partition coefficient (Wildman–Crippen LogP) is 2.83. The van der Waals surface area contributed by atoms with Crippen LogP contribution in [-0.4, -0.2) is 54.1 Å². The van der Waals surface area contributed by atoms with Crippen LogP contribution in [0.2, 0.25) is 0 Å². The maximum atomic E-state index is 12.7. The van der Waals surface area contributed by atoms with Gasteiger partial charge in [0.25, 0.3) is 0 Å². The van der Waals surface area contributed by atoms with Gasteiger partial charge < -0.3 is 19.4 Å². The van der Waals surface area contributed by atoms with Gasteiger partial charge in [-0.2, -0.15) is 0 Å². The maximum Gasteiger partial charge on any atom is 0.340 e. The third-order valence-electron chi connectivity index (χ3n) is 4.83. The minimum atomic E-state index is -0.898. The first kappa shape index (κ1) is 18.2. The van der Waals surface area contributed by atoms with Gasteiger partial charge >= 0.3 is 5.97 Å². The van der Waals surface area contributed by atoms with Crippen molar-refractivity contribution in [1.29, 1.82) is 0 Å². The molecule has 7 heteroatoms. The monoisotopic (exact) mass is 379 g/mol. The van der Waals surface area contributed by atoms with Crippen LogP contribution in [0.25, 0.3) is 10.9 Å². The Morgan fingerprint density at radius 1 is 1.18 bits per heavy atom. The fourth-order valence-corrected chi connectivity index (χ4v) is 3.26. The zero-order valence-electron chi connectivity index (χ0n) is 15.6. The molecule has 3 heterocycles. The lowest BCUT2D eigenvalue weighted by molar-refractivity contribution is 0.0319. The summed E-state index contributed by atoms with van der Waals surface area (Å²) in [5.41, 5.74) is 1.69. The summed E-state index contributed by atoms with van der Waals surface area (Å²) >= 11 is 0. The van der Waals surface area contributed by atoms with Gasteiger partial charge in [-0.1, -0.05) is 18.2 Å². The Balaban J connectivity index is 1.43. The summed E-state index contributed by atoms with van der Waals surface area (Å²) in [6.45, 7) is 4.45. The number of fused-ring (bicyclic) bond motifs is 1. The molecule has 4 rings (SSSR count). The largest absolute Gasteiger partial charge is 0.451 e. The van der Waals surface area contributed by atoms with E-state index in [9.17, 15) is 9.59 Å². The number of hydrogen-bond acceptors (Lipinski definition) is 6. The van der Waals surface area contributed by atoms with Crippen molar-refractivity contribution >= 4 is 28.5 Å². The van der Waals surface area contributed by atoms with E-state index in [0.29, 0.717) is 24.3 Å². The van der Waals surface area contributed by atoms with Crippen LogP contribution in [0.5, 0.6) is 0 Å². The van der Waals surface area contributed by atoms with E-state index in [1.54, 1.807) is 25.3 Å². The Morgan fingerprint density at radius 2 is 1.96 bits per heavy atom. The number of anilines is 1. The number of ether oxygens (including phenoxy) is 2. The van der Waals surface area contributed by atoms with Gasteiger partial charge in [-0.3, -0.25) is 4.79 Å². The lowest BCUT2D eigenvalue weighted by atomic mass is 10.1. The summed E-state index contributed by atoms with van der Waals surface area (Å²) in [7, 11) is 0. The third kappa shape index (κ3) is 3.61. The first-order valence-corrected chi connectivity index (χ1v) is 9.23. The minimum Gasteiger partial charge on any atom is -0.451 e. The average molecular weight is 379 g/mol. The topological polar surface area (TPSA) is 84.5 Å². The number of rotatable bonds is 5. The highest BCUT2D eigenvalue weighted by molar-refractivity contribution is 6.10. The fraction of sp³-hybridized carbons (Fsp3) is 0.286. The highest BCUT2D eigenvalue weighted by atomic mass is 16.5. The van der Waals surface area contributed by atoms with Crippen molar-refractivity contribution in [2.24, 2.45) is 0 Å². The number of Topliss-reactive ketones (excluding diaryl/α,β-unsaturated/α-hetero) is 1. The normalized spacial score (nSPS) is 15.4. The van der Waals surface area contributed by atoms with E-state index in [1.807, 2.05) is 24.3 Å². The second kappa shape index (κ2) is 7.82. The third-order valence-corrected chi connectivity index (χ3v) is 4.83. The summed E-state index contributed by atoms with van der Waals surface area (Å²) in [5.74, 6) is -0.0202. The van der Waals surface area contributed by atoms with Crippen molar-refractivity contribution in [3.63, 3.8) is 0 Å². The van der Waals surface area contributed by atoms with Gasteiger partial charge in [0.15, 0.2) is 6.10 Å². The molecule has 0 aliphatic carbocycles. The number of nitrogens with zero attached hydrogens (tertiary/aromatic N) is 2. The van der Waals surface area contributed by atoms with Gasteiger partial charge in [0.05, 0.1) is 18.8 Å². The molecular weight excluding hydrogens is 358 g/mol. The molecule has 1 N–H and O–H groups in total. The molecule has 1 aliphatic heterocycles. The summed E-state index contributed by atoms with van der Waals surface area (Å²) < 4.78 is 10.7. The van der Waals surface area contributed by atoms with Crippen LogP contribution in [-0.2, 0) is 9.47 Å². The lowest BCUT2D eigenvalue weighted by Gasteiger charge is -2.27. The second-order valence-corrected chi connectivity index (χ2v) is 6.66. The van der Waals surface area contributed by atoms with Crippen molar-refractivity contribution in [3.05, 3.63) is 59.9 Å². The molecule has 3 aromatic rings. The molecule has 0 unspecified atom stereocenters. The quantitative estimate of drug-likeness (QED) is 0.542. The first-order chi connectivity index (χ1) is 13.6. The van der Waals surface area contributed by atoms with Crippen molar-refractivity contribution in [2.45, 2.75) is 13.0 Å². The van der Waals surface area contributed by atoms with Crippen LogP contribution in [0.4, 0.5) is 5.82 Å². The first-order valence-electron chi connectivity index (χ1n) is 9.23. The van der Waals surface area contributed by atoms with Crippen LogP contribution >= 0.6 is 0 Å². The number of para-hydroxylation sites is 1. The van der Waals surface area contributed by atoms with Crippen LogP contribution in [0, 0.1) is 0 Å². The van der Waals surface area contributed by atoms with Crippen LogP contribution in [0.1, 0.15) is 27.6 Å². The van der Waals surface area contributed by atoms with Crippen molar-refractivity contribution in [3.8, 4) is 0 Å². The van der Waals surface area contributed by atoms with Gasteiger partial charge in [0.1, 0.15) is 5.82 Å². The molecule has 0 spiro atoms. The van der Waals surface area contributed by atoms with Gasteiger partial charge in [0, 0.05) is 41.9 Å². The van der Waals surface area contributed by atoms with Gasteiger partial charge in [-0.05, 0) is 25.1 Å². The zero-order chi connectivity index (χ0) is 19.5. The average Bonchev–Trinajstić information content (AvgIpc) is 3.18. The number of carbonyl (C=O) groups is 2. The minimum absolute atomic E-state index is 0.247. The molecule has 1 aliphatic rings. The van der Waals surface area contributed by atoms with E-state index >= 15 is 0 Å². The maximum absolute atomic E-state index is 12.7. The van der Waals surface area contributed by atoms with Crippen LogP contribution < -0.4 is 4.90 Å². The van der Waals surface area contributed by atoms with Gasteiger partial charge in [-0.15, -0.1) is 0 Å². The van der Waals surface area contributed by atoms with E-state index in [1.165, 1.54) is 6.20 Å². The Kier molecular flexibility index (Phi) is 5.08. The van der Waals surface area contributed by atoms with Crippen molar-refractivity contribution in [1.82, 2.24) is 9.97 Å². The number of H-pyrrole nitrogens is 1. The number of aromatic amines is 1. The van der Waals surface area contributed by atoms with E-state index < -0.39 is 12.1 Å². The molecule has 28 heavy (non-hydrogen) atoms. The van der Waals surface area contributed by atoms with Gasteiger partial charge in [0.2, 0.25) is 5.78 Å².